The molecule has 0 saturated carbocycles. The summed E-state index contributed by atoms with van der Waals surface area (Å²) in [6.07, 6.45) is -4.26. The van der Waals surface area contributed by atoms with Crippen LogP contribution in [-0.4, -0.2) is 44.3 Å². The highest BCUT2D eigenvalue weighted by molar-refractivity contribution is 5.24. The number of morpholine rings is 1. The Hall–Kier alpha value is -1.11. The van der Waals surface area contributed by atoms with E-state index in [2.05, 4.69) is 10.2 Å². The summed E-state index contributed by atoms with van der Waals surface area (Å²) in [6.45, 7) is 5.79. The van der Waals surface area contributed by atoms with Crippen molar-refractivity contribution in [2.45, 2.75) is 12.7 Å². The van der Waals surface area contributed by atoms with Crippen molar-refractivity contribution in [1.29, 1.82) is 0 Å². The van der Waals surface area contributed by atoms with Gasteiger partial charge in [0.05, 0.1) is 18.8 Å². The number of ether oxygens (including phenoxy) is 1. The molecule has 0 amide bonds. The fourth-order valence-electron chi connectivity index (χ4n) is 2.11. The Labute approximate surface area is 116 Å². The Morgan fingerprint density at radius 2 is 1.75 bits per heavy atom. The van der Waals surface area contributed by atoms with Crippen LogP contribution in [0.5, 0.6) is 0 Å². The molecule has 1 saturated heterocycles. The van der Waals surface area contributed by atoms with Crippen LogP contribution in [0.2, 0.25) is 0 Å². The molecule has 1 aromatic carbocycles. The predicted octanol–water partition coefficient (Wildman–Crippen LogP) is 2.13. The summed E-state index contributed by atoms with van der Waals surface area (Å²) >= 11 is 0. The van der Waals surface area contributed by atoms with Crippen molar-refractivity contribution in [3.63, 3.8) is 0 Å². The molecule has 1 heterocycles. The molecule has 1 fully saturated rings. The monoisotopic (exact) mass is 288 g/mol. The summed E-state index contributed by atoms with van der Waals surface area (Å²) in [6, 6.07) is 5.28. The lowest BCUT2D eigenvalue weighted by Gasteiger charge is -2.26. The zero-order valence-electron chi connectivity index (χ0n) is 11.2. The summed E-state index contributed by atoms with van der Waals surface area (Å²) in [5.74, 6) is 0. The van der Waals surface area contributed by atoms with Crippen molar-refractivity contribution in [2.75, 3.05) is 39.4 Å². The number of benzene rings is 1. The molecule has 112 valence electrons. The number of nitrogens with zero attached hydrogens (tertiary/aromatic N) is 1. The molecule has 1 N–H and O–H groups in total. The van der Waals surface area contributed by atoms with Crippen LogP contribution in [-0.2, 0) is 17.5 Å². The lowest BCUT2D eigenvalue weighted by atomic mass is 10.1. The molecule has 0 aromatic heterocycles. The standard InChI is InChI=1S/C14H19F3N2O/c15-14(16,17)13-3-1-12(2-4-13)11-18-5-6-19-7-9-20-10-8-19/h1-4,18H,5-11H2. The van der Waals surface area contributed by atoms with Crippen molar-refractivity contribution in [3.05, 3.63) is 35.4 Å². The molecule has 6 heteroatoms. The zero-order chi connectivity index (χ0) is 14.4. The molecule has 20 heavy (non-hydrogen) atoms. The van der Waals surface area contributed by atoms with E-state index in [4.69, 9.17) is 4.74 Å². The van der Waals surface area contributed by atoms with E-state index in [1.165, 1.54) is 12.1 Å². The van der Waals surface area contributed by atoms with E-state index >= 15 is 0 Å². The topological polar surface area (TPSA) is 24.5 Å². The summed E-state index contributed by atoms with van der Waals surface area (Å²) in [5, 5.41) is 3.24. The molecule has 0 bridgehead atoms. The third-order valence-corrected chi connectivity index (χ3v) is 3.32. The first kappa shape index (κ1) is 15.3. The average Bonchev–Trinajstić information content (AvgIpc) is 2.44. The van der Waals surface area contributed by atoms with E-state index < -0.39 is 11.7 Å². The van der Waals surface area contributed by atoms with Crippen molar-refractivity contribution >= 4 is 0 Å². The van der Waals surface area contributed by atoms with E-state index in [0.717, 1.165) is 57.1 Å². The number of halogens is 3. The van der Waals surface area contributed by atoms with Gasteiger partial charge in [0.1, 0.15) is 0 Å². The van der Waals surface area contributed by atoms with Crippen LogP contribution in [0, 0.1) is 0 Å². The minimum Gasteiger partial charge on any atom is -0.379 e. The minimum atomic E-state index is -4.26. The summed E-state index contributed by atoms with van der Waals surface area (Å²) in [5.41, 5.74) is 0.259. The Morgan fingerprint density at radius 1 is 1.10 bits per heavy atom. The third-order valence-electron chi connectivity index (χ3n) is 3.32. The van der Waals surface area contributed by atoms with Crippen LogP contribution >= 0.6 is 0 Å². The van der Waals surface area contributed by atoms with Crippen molar-refractivity contribution in [2.24, 2.45) is 0 Å². The van der Waals surface area contributed by atoms with Crippen molar-refractivity contribution in [3.8, 4) is 0 Å². The predicted molar refractivity (Wildman–Crippen MR) is 70.4 cm³/mol. The van der Waals surface area contributed by atoms with Crippen LogP contribution < -0.4 is 5.32 Å². The molecule has 2 rings (SSSR count). The zero-order valence-corrected chi connectivity index (χ0v) is 11.2. The van der Waals surface area contributed by atoms with E-state index in [1.54, 1.807) is 0 Å². The quantitative estimate of drug-likeness (QED) is 0.840. The number of hydrogen-bond donors (Lipinski definition) is 1. The van der Waals surface area contributed by atoms with Crippen LogP contribution in [0.1, 0.15) is 11.1 Å². The molecular weight excluding hydrogens is 269 g/mol. The van der Waals surface area contributed by atoms with Crippen LogP contribution in [0.3, 0.4) is 0 Å². The Balaban J connectivity index is 1.68. The average molecular weight is 288 g/mol. The van der Waals surface area contributed by atoms with Gasteiger partial charge in [-0.2, -0.15) is 13.2 Å². The summed E-state index contributed by atoms with van der Waals surface area (Å²) in [7, 11) is 0. The maximum absolute atomic E-state index is 12.4. The number of rotatable bonds is 5. The van der Waals surface area contributed by atoms with Gasteiger partial charge in [0, 0.05) is 32.7 Å². The highest BCUT2D eigenvalue weighted by atomic mass is 19.4. The smallest absolute Gasteiger partial charge is 0.379 e. The van der Waals surface area contributed by atoms with Gasteiger partial charge in [-0.3, -0.25) is 4.90 Å². The number of alkyl halides is 3. The third kappa shape index (κ3) is 4.77. The fraction of sp³-hybridized carbons (Fsp3) is 0.571. The van der Waals surface area contributed by atoms with Crippen LogP contribution in [0.4, 0.5) is 13.2 Å². The SMILES string of the molecule is FC(F)(F)c1ccc(CNCCN2CCOCC2)cc1. The summed E-state index contributed by atoms with van der Waals surface area (Å²) < 4.78 is 42.5. The van der Waals surface area contributed by atoms with Gasteiger partial charge < -0.3 is 10.1 Å². The molecule has 1 aliphatic heterocycles. The number of nitrogens with one attached hydrogen (secondary N) is 1. The highest BCUT2D eigenvalue weighted by Gasteiger charge is 2.29. The van der Waals surface area contributed by atoms with Crippen molar-refractivity contribution in [1.82, 2.24) is 10.2 Å². The van der Waals surface area contributed by atoms with Gasteiger partial charge >= 0.3 is 6.18 Å². The molecule has 0 unspecified atom stereocenters. The lowest BCUT2D eigenvalue weighted by molar-refractivity contribution is -0.137. The Morgan fingerprint density at radius 3 is 2.35 bits per heavy atom. The number of hydrogen-bond acceptors (Lipinski definition) is 3. The van der Waals surface area contributed by atoms with Gasteiger partial charge in [0.2, 0.25) is 0 Å². The van der Waals surface area contributed by atoms with Gasteiger partial charge in [0.15, 0.2) is 0 Å². The second-order valence-electron chi connectivity index (χ2n) is 4.83. The maximum Gasteiger partial charge on any atom is 0.416 e. The molecule has 3 nitrogen and oxygen atoms in total. The maximum atomic E-state index is 12.4. The lowest BCUT2D eigenvalue weighted by Crippen LogP contribution is -2.40. The van der Waals surface area contributed by atoms with Crippen LogP contribution in [0.15, 0.2) is 24.3 Å². The van der Waals surface area contributed by atoms with E-state index in [1.807, 2.05) is 0 Å². The van der Waals surface area contributed by atoms with Crippen LogP contribution in [0.25, 0.3) is 0 Å². The molecule has 0 aliphatic carbocycles. The van der Waals surface area contributed by atoms with Crippen molar-refractivity contribution < 1.29 is 17.9 Å². The van der Waals surface area contributed by atoms with Gasteiger partial charge in [-0.15, -0.1) is 0 Å². The minimum absolute atomic E-state index is 0.586. The normalized spacial score (nSPS) is 17.4. The molecule has 1 aromatic rings. The second-order valence-corrected chi connectivity index (χ2v) is 4.83. The van der Waals surface area contributed by atoms with Gasteiger partial charge in [-0.25, -0.2) is 0 Å². The first-order chi connectivity index (χ1) is 9.55. The van der Waals surface area contributed by atoms with E-state index in [0.29, 0.717) is 6.54 Å². The second kappa shape index (κ2) is 7.06. The highest BCUT2D eigenvalue weighted by Crippen LogP contribution is 2.28. The molecular formula is C14H19F3N2O. The summed E-state index contributed by atoms with van der Waals surface area (Å²) in [4.78, 5) is 2.31. The Kier molecular flexibility index (Phi) is 5.39. The first-order valence-corrected chi connectivity index (χ1v) is 6.73. The van der Waals surface area contributed by atoms with E-state index in [9.17, 15) is 13.2 Å². The fourth-order valence-corrected chi connectivity index (χ4v) is 2.11. The Bertz CT molecular complexity index is 400. The molecule has 0 atom stereocenters. The molecule has 0 spiro atoms. The first-order valence-electron chi connectivity index (χ1n) is 6.73. The van der Waals surface area contributed by atoms with Gasteiger partial charge in [0.25, 0.3) is 0 Å². The largest absolute Gasteiger partial charge is 0.416 e. The molecule has 0 radical (unpaired) electrons. The van der Waals surface area contributed by atoms with Gasteiger partial charge in [-0.1, -0.05) is 12.1 Å². The van der Waals surface area contributed by atoms with E-state index in [-0.39, 0.29) is 0 Å². The van der Waals surface area contributed by atoms with Gasteiger partial charge in [-0.05, 0) is 17.7 Å². The molecule has 1 aliphatic rings.